The Hall–Kier alpha value is -3.36. The molecule has 140 valence electrons. The highest BCUT2D eigenvalue weighted by molar-refractivity contribution is 7.18. The van der Waals surface area contributed by atoms with Crippen molar-refractivity contribution in [1.29, 1.82) is 0 Å². The number of hydrogen-bond donors (Lipinski definition) is 3. The fourth-order valence-electron chi connectivity index (χ4n) is 2.93. The molecule has 5 N–H and O–H groups in total. The lowest BCUT2D eigenvalue weighted by Gasteiger charge is -2.10. The molecule has 0 aliphatic carbocycles. The van der Waals surface area contributed by atoms with Crippen LogP contribution in [0.25, 0.3) is 32.1 Å². The second-order valence-corrected chi connectivity index (χ2v) is 7.14. The van der Waals surface area contributed by atoms with Crippen LogP contribution in [0.5, 0.6) is 0 Å². The van der Waals surface area contributed by atoms with E-state index < -0.39 is 5.91 Å². The van der Waals surface area contributed by atoms with Crippen molar-refractivity contribution in [2.24, 2.45) is 11.5 Å². The van der Waals surface area contributed by atoms with Crippen LogP contribution in [0.4, 0.5) is 4.39 Å². The Bertz CT molecular complexity index is 1140. The second kappa shape index (κ2) is 7.34. The molecule has 1 amide bonds. The van der Waals surface area contributed by atoms with E-state index in [1.54, 1.807) is 18.5 Å². The zero-order chi connectivity index (χ0) is 19.7. The third kappa shape index (κ3) is 3.30. The van der Waals surface area contributed by atoms with E-state index in [2.05, 4.69) is 15.2 Å². The van der Waals surface area contributed by atoms with Crippen LogP contribution in [0.1, 0.15) is 16.1 Å². The van der Waals surface area contributed by atoms with Gasteiger partial charge < -0.3 is 11.5 Å². The van der Waals surface area contributed by atoms with Gasteiger partial charge in [0.15, 0.2) is 0 Å². The van der Waals surface area contributed by atoms with Crippen molar-refractivity contribution < 1.29 is 9.18 Å². The molecule has 6 nitrogen and oxygen atoms in total. The van der Waals surface area contributed by atoms with Gasteiger partial charge in [0.05, 0.1) is 11.1 Å². The fourth-order valence-corrected chi connectivity index (χ4v) is 4.03. The summed E-state index contributed by atoms with van der Waals surface area (Å²) in [4.78, 5) is 17.0. The summed E-state index contributed by atoms with van der Waals surface area (Å²) in [6.45, 7) is 0.422. The van der Waals surface area contributed by atoms with Crippen LogP contribution < -0.4 is 11.5 Å². The number of primary amides is 1. The van der Waals surface area contributed by atoms with E-state index in [4.69, 9.17) is 11.5 Å². The molecule has 4 aromatic rings. The van der Waals surface area contributed by atoms with Gasteiger partial charge in [-0.15, -0.1) is 11.3 Å². The van der Waals surface area contributed by atoms with Gasteiger partial charge in [0.1, 0.15) is 16.5 Å². The molecular formula is C20H16FN5OS. The number of nitrogens with two attached hydrogens (primary N) is 2. The fraction of sp³-hybridized carbons (Fsp3) is 0.0500. The first-order valence-electron chi connectivity index (χ1n) is 8.46. The Morgan fingerprint density at radius 3 is 2.54 bits per heavy atom. The van der Waals surface area contributed by atoms with E-state index in [0.29, 0.717) is 27.6 Å². The maximum Gasteiger partial charge on any atom is 0.268 e. The maximum atomic E-state index is 14.0. The monoisotopic (exact) mass is 393 g/mol. The summed E-state index contributed by atoms with van der Waals surface area (Å²) in [5, 5.41) is 7.24. The summed E-state index contributed by atoms with van der Waals surface area (Å²) in [7, 11) is 0. The standard InChI is InChI=1S/C20H16FN5OS/c21-14-5-6-15(16(7-14)12-3-1-11(8-22)2-4-12)18-17(19(23)27)26-20(28-18)13-9-24-25-10-13/h1-7,9-10H,8,22H2,(H2,23,27)(H,24,25). The van der Waals surface area contributed by atoms with E-state index in [0.717, 1.165) is 16.7 Å². The zero-order valence-corrected chi connectivity index (χ0v) is 15.5. The van der Waals surface area contributed by atoms with Crippen molar-refractivity contribution in [2.45, 2.75) is 6.54 Å². The number of benzene rings is 2. The van der Waals surface area contributed by atoms with Crippen LogP contribution in [0, 0.1) is 5.82 Å². The molecule has 0 aliphatic heterocycles. The number of aromatic nitrogens is 3. The van der Waals surface area contributed by atoms with Gasteiger partial charge in [0, 0.05) is 23.9 Å². The SMILES string of the molecule is NCc1ccc(-c2cc(F)ccc2-c2sc(-c3cn[nH]c3)nc2C(N)=O)cc1. The number of nitrogens with one attached hydrogen (secondary N) is 1. The molecule has 8 heteroatoms. The summed E-state index contributed by atoms with van der Waals surface area (Å²) in [6.07, 6.45) is 3.30. The van der Waals surface area contributed by atoms with Crippen molar-refractivity contribution in [2.75, 3.05) is 0 Å². The highest BCUT2D eigenvalue weighted by Gasteiger charge is 2.21. The largest absolute Gasteiger partial charge is 0.364 e. The first kappa shape index (κ1) is 18.0. The van der Waals surface area contributed by atoms with Crippen molar-refractivity contribution in [1.82, 2.24) is 15.2 Å². The lowest BCUT2D eigenvalue weighted by atomic mass is 9.97. The molecule has 0 bridgehead atoms. The average molecular weight is 393 g/mol. The molecule has 2 heterocycles. The molecule has 2 aromatic carbocycles. The predicted molar refractivity (Wildman–Crippen MR) is 107 cm³/mol. The number of amides is 1. The number of rotatable bonds is 5. The minimum absolute atomic E-state index is 0.146. The first-order chi connectivity index (χ1) is 13.6. The number of aromatic amines is 1. The van der Waals surface area contributed by atoms with E-state index in [1.807, 2.05) is 24.3 Å². The maximum absolute atomic E-state index is 14.0. The number of nitrogens with zero attached hydrogens (tertiary/aromatic N) is 2. The van der Waals surface area contributed by atoms with Crippen LogP contribution in [-0.4, -0.2) is 21.1 Å². The van der Waals surface area contributed by atoms with Crippen LogP contribution in [0.3, 0.4) is 0 Å². The Morgan fingerprint density at radius 2 is 1.89 bits per heavy atom. The summed E-state index contributed by atoms with van der Waals surface area (Å²) in [5.41, 5.74) is 15.2. The third-order valence-electron chi connectivity index (χ3n) is 4.33. The molecule has 0 saturated carbocycles. The Kier molecular flexibility index (Phi) is 4.72. The average Bonchev–Trinajstić information content (AvgIpc) is 3.38. The number of carbonyl (C=O) groups excluding carboxylic acids is 1. The van der Waals surface area contributed by atoms with Crippen molar-refractivity contribution >= 4 is 17.2 Å². The minimum Gasteiger partial charge on any atom is -0.364 e. The number of halogens is 1. The van der Waals surface area contributed by atoms with Crippen molar-refractivity contribution in [3.8, 4) is 32.1 Å². The third-order valence-corrected chi connectivity index (χ3v) is 5.47. The quantitative estimate of drug-likeness (QED) is 0.481. The van der Waals surface area contributed by atoms with Gasteiger partial charge in [-0.1, -0.05) is 24.3 Å². The van der Waals surface area contributed by atoms with Gasteiger partial charge in [-0.25, -0.2) is 9.37 Å². The van der Waals surface area contributed by atoms with E-state index in [-0.39, 0.29) is 11.5 Å². The van der Waals surface area contributed by atoms with Gasteiger partial charge in [0.25, 0.3) is 5.91 Å². The molecule has 0 saturated heterocycles. The molecule has 0 spiro atoms. The normalized spacial score (nSPS) is 10.9. The highest BCUT2D eigenvalue weighted by atomic mass is 32.1. The molecule has 0 fully saturated rings. The van der Waals surface area contributed by atoms with E-state index in [1.165, 1.54) is 23.5 Å². The highest BCUT2D eigenvalue weighted by Crippen LogP contribution is 2.40. The molecular weight excluding hydrogens is 377 g/mol. The smallest absolute Gasteiger partial charge is 0.268 e. The number of carbonyl (C=O) groups is 1. The van der Waals surface area contributed by atoms with Gasteiger partial charge >= 0.3 is 0 Å². The van der Waals surface area contributed by atoms with Crippen LogP contribution >= 0.6 is 11.3 Å². The molecule has 28 heavy (non-hydrogen) atoms. The van der Waals surface area contributed by atoms with Gasteiger partial charge in [-0.3, -0.25) is 9.89 Å². The Labute approximate surface area is 164 Å². The van der Waals surface area contributed by atoms with Gasteiger partial charge in [-0.05, 0) is 34.9 Å². The second-order valence-electron chi connectivity index (χ2n) is 6.14. The lowest BCUT2D eigenvalue weighted by molar-refractivity contribution is 0.0997. The summed E-state index contributed by atoms with van der Waals surface area (Å²) in [6, 6.07) is 12.0. The molecule has 0 radical (unpaired) electrons. The van der Waals surface area contributed by atoms with Gasteiger partial charge in [-0.2, -0.15) is 5.10 Å². The Morgan fingerprint density at radius 1 is 1.11 bits per heavy atom. The van der Waals surface area contributed by atoms with Crippen LogP contribution in [-0.2, 0) is 6.54 Å². The molecule has 0 atom stereocenters. The van der Waals surface area contributed by atoms with Gasteiger partial charge in [0.2, 0.25) is 0 Å². The zero-order valence-electron chi connectivity index (χ0n) is 14.6. The molecule has 0 unspecified atom stereocenters. The first-order valence-corrected chi connectivity index (χ1v) is 9.27. The number of hydrogen-bond acceptors (Lipinski definition) is 5. The van der Waals surface area contributed by atoms with E-state index in [9.17, 15) is 9.18 Å². The summed E-state index contributed by atoms with van der Waals surface area (Å²) >= 11 is 1.31. The number of thiazole rings is 1. The predicted octanol–water partition coefficient (Wildman–Crippen LogP) is 3.56. The van der Waals surface area contributed by atoms with E-state index >= 15 is 0 Å². The molecule has 0 aliphatic rings. The lowest BCUT2D eigenvalue weighted by Crippen LogP contribution is -2.12. The molecule has 4 rings (SSSR count). The van der Waals surface area contributed by atoms with Crippen LogP contribution in [0.15, 0.2) is 54.9 Å². The summed E-state index contributed by atoms with van der Waals surface area (Å²) < 4.78 is 14.0. The van der Waals surface area contributed by atoms with Crippen molar-refractivity contribution in [3.63, 3.8) is 0 Å². The number of H-pyrrole nitrogens is 1. The molecule has 2 aromatic heterocycles. The minimum atomic E-state index is -0.644. The Balaban J connectivity index is 1.91. The topological polar surface area (TPSA) is 111 Å². The van der Waals surface area contributed by atoms with Crippen molar-refractivity contribution in [3.05, 3.63) is 71.9 Å². The summed E-state index contributed by atoms with van der Waals surface area (Å²) in [5.74, 6) is -1.02. The van der Waals surface area contributed by atoms with Crippen LogP contribution in [0.2, 0.25) is 0 Å².